The Labute approximate surface area is 162 Å². The second kappa shape index (κ2) is 7.74. The standard InChI is InChI=1S/C18H15ClF3N3OS/c1-9(2)10-5-14(17(26)24-18-23-6-15(19)27-18)25(7-10)8-11-12(20)3-4-13(21)16(11)22/h3-7,9H,8H2,1-2H3,(H,23,24,26). The third kappa shape index (κ3) is 4.17. The van der Waals surface area contributed by atoms with Crippen LogP contribution in [0.5, 0.6) is 0 Å². The first kappa shape index (κ1) is 19.4. The molecule has 27 heavy (non-hydrogen) atoms. The number of nitrogens with zero attached hydrogens (tertiary/aromatic N) is 2. The van der Waals surface area contributed by atoms with Crippen LogP contribution in [-0.2, 0) is 6.54 Å². The summed E-state index contributed by atoms with van der Waals surface area (Å²) in [7, 11) is 0. The van der Waals surface area contributed by atoms with Gasteiger partial charge in [0.2, 0.25) is 0 Å². The molecule has 0 unspecified atom stereocenters. The lowest BCUT2D eigenvalue weighted by atomic mass is 10.1. The molecule has 0 fully saturated rings. The molecule has 4 nitrogen and oxygen atoms in total. The van der Waals surface area contributed by atoms with E-state index >= 15 is 0 Å². The van der Waals surface area contributed by atoms with Gasteiger partial charge in [0, 0.05) is 11.8 Å². The number of hydrogen-bond acceptors (Lipinski definition) is 3. The van der Waals surface area contributed by atoms with E-state index in [4.69, 9.17) is 11.6 Å². The fraction of sp³-hybridized carbons (Fsp3) is 0.222. The van der Waals surface area contributed by atoms with Crippen molar-refractivity contribution in [3.8, 4) is 0 Å². The number of carbonyl (C=O) groups excluding carboxylic acids is 1. The summed E-state index contributed by atoms with van der Waals surface area (Å²) in [4.78, 5) is 16.6. The smallest absolute Gasteiger partial charge is 0.274 e. The number of halogens is 4. The van der Waals surface area contributed by atoms with Gasteiger partial charge in [0.15, 0.2) is 16.8 Å². The number of carbonyl (C=O) groups is 1. The number of nitrogens with one attached hydrogen (secondary N) is 1. The van der Waals surface area contributed by atoms with Crippen LogP contribution in [0.2, 0.25) is 4.34 Å². The number of rotatable bonds is 5. The third-order valence-electron chi connectivity index (χ3n) is 3.98. The zero-order chi connectivity index (χ0) is 19.7. The molecule has 2 aromatic heterocycles. The second-order valence-corrected chi connectivity index (χ2v) is 7.85. The monoisotopic (exact) mass is 413 g/mol. The minimum Gasteiger partial charge on any atom is -0.339 e. The Morgan fingerprint density at radius 3 is 2.63 bits per heavy atom. The van der Waals surface area contributed by atoms with Crippen molar-refractivity contribution >= 4 is 34.0 Å². The maximum Gasteiger partial charge on any atom is 0.274 e. The maximum atomic E-state index is 14.0. The molecular formula is C18H15ClF3N3OS. The van der Waals surface area contributed by atoms with Crippen LogP contribution in [0, 0.1) is 17.5 Å². The molecule has 3 rings (SSSR count). The number of hydrogen-bond donors (Lipinski definition) is 1. The Hall–Kier alpha value is -2.32. The average molecular weight is 414 g/mol. The molecule has 2 heterocycles. The number of thiazole rings is 1. The van der Waals surface area contributed by atoms with Crippen molar-refractivity contribution < 1.29 is 18.0 Å². The van der Waals surface area contributed by atoms with E-state index in [1.807, 2.05) is 13.8 Å². The number of benzene rings is 1. The zero-order valence-corrected chi connectivity index (χ0v) is 16.0. The highest BCUT2D eigenvalue weighted by Crippen LogP contribution is 2.25. The topological polar surface area (TPSA) is 46.9 Å². The minimum absolute atomic E-state index is 0.0781. The summed E-state index contributed by atoms with van der Waals surface area (Å²) in [6.45, 7) is 3.51. The lowest BCUT2D eigenvalue weighted by Crippen LogP contribution is -2.18. The first-order chi connectivity index (χ1) is 12.8. The van der Waals surface area contributed by atoms with Crippen molar-refractivity contribution in [2.75, 3.05) is 5.32 Å². The van der Waals surface area contributed by atoms with Gasteiger partial charge < -0.3 is 4.57 Å². The van der Waals surface area contributed by atoms with Crippen molar-refractivity contribution in [1.29, 1.82) is 0 Å². The Balaban J connectivity index is 1.97. The Kier molecular flexibility index (Phi) is 5.57. The average Bonchev–Trinajstić information content (AvgIpc) is 3.21. The first-order valence-corrected chi connectivity index (χ1v) is 9.20. The first-order valence-electron chi connectivity index (χ1n) is 8.01. The second-order valence-electron chi connectivity index (χ2n) is 6.19. The van der Waals surface area contributed by atoms with E-state index in [-0.39, 0.29) is 18.2 Å². The highest BCUT2D eigenvalue weighted by molar-refractivity contribution is 7.19. The summed E-state index contributed by atoms with van der Waals surface area (Å²) in [5.41, 5.74) is 0.523. The Morgan fingerprint density at radius 1 is 1.30 bits per heavy atom. The van der Waals surface area contributed by atoms with E-state index in [1.165, 1.54) is 10.8 Å². The molecule has 3 aromatic rings. The van der Waals surface area contributed by atoms with Crippen LogP contribution in [0.4, 0.5) is 18.3 Å². The molecule has 0 radical (unpaired) electrons. The highest BCUT2D eigenvalue weighted by atomic mass is 35.5. The van der Waals surface area contributed by atoms with Crippen molar-refractivity contribution in [2.24, 2.45) is 0 Å². The molecule has 0 atom stereocenters. The van der Waals surface area contributed by atoms with Gasteiger partial charge in [-0.2, -0.15) is 0 Å². The van der Waals surface area contributed by atoms with Gasteiger partial charge in [0.25, 0.3) is 5.91 Å². The van der Waals surface area contributed by atoms with E-state index < -0.39 is 28.9 Å². The summed E-state index contributed by atoms with van der Waals surface area (Å²) in [5, 5.41) is 2.90. The van der Waals surface area contributed by atoms with E-state index in [9.17, 15) is 18.0 Å². The summed E-state index contributed by atoms with van der Waals surface area (Å²) < 4.78 is 43.4. The van der Waals surface area contributed by atoms with Gasteiger partial charge in [-0.15, -0.1) is 0 Å². The highest BCUT2D eigenvalue weighted by Gasteiger charge is 2.20. The normalized spacial score (nSPS) is 11.2. The van der Waals surface area contributed by atoms with Crippen LogP contribution < -0.4 is 5.32 Å². The van der Waals surface area contributed by atoms with Gasteiger partial charge in [-0.05, 0) is 29.7 Å². The summed E-state index contributed by atoms with van der Waals surface area (Å²) in [6.07, 6.45) is 3.02. The van der Waals surface area contributed by atoms with Crippen LogP contribution in [0.3, 0.4) is 0 Å². The van der Waals surface area contributed by atoms with Gasteiger partial charge >= 0.3 is 0 Å². The van der Waals surface area contributed by atoms with Gasteiger partial charge in [-0.25, -0.2) is 18.2 Å². The van der Waals surface area contributed by atoms with Crippen molar-refractivity contribution in [2.45, 2.75) is 26.3 Å². The Morgan fingerprint density at radius 2 is 2.00 bits per heavy atom. The largest absolute Gasteiger partial charge is 0.339 e. The lowest BCUT2D eigenvalue weighted by Gasteiger charge is -2.11. The zero-order valence-electron chi connectivity index (χ0n) is 14.4. The van der Waals surface area contributed by atoms with Gasteiger partial charge in [0.1, 0.15) is 15.8 Å². The predicted molar refractivity (Wildman–Crippen MR) is 99.0 cm³/mol. The summed E-state index contributed by atoms with van der Waals surface area (Å²) >= 11 is 6.89. The van der Waals surface area contributed by atoms with Crippen LogP contribution in [-0.4, -0.2) is 15.5 Å². The van der Waals surface area contributed by atoms with Gasteiger partial charge in [0.05, 0.1) is 12.7 Å². The van der Waals surface area contributed by atoms with Crippen LogP contribution in [0.25, 0.3) is 0 Å². The number of aromatic nitrogens is 2. The lowest BCUT2D eigenvalue weighted by molar-refractivity contribution is 0.101. The molecule has 0 bridgehead atoms. The fourth-order valence-electron chi connectivity index (χ4n) is 2.53. The van der Waals surface area contributed by atoms with E-state index in [1.54, 1.807) is 12.3 Å². The summed E-state index contributed by atoms with van der Waals surface area (Å²) in [5.74, 6) is -3.73. The van der Waals surface area contributed by atoms with Crippen molar-refractivity contribution in [1.82, 2.24) is 9.55 Å². The van der Waals surface area contributed by atoms with Gasteiger partial charge in [-0.1, -0.05) is 36.8 Å². The van der Waals surface area contributed by atoms with Crippen LogP contribution in [0.15, 0.2) is 30.6 Å². The number of amides is 1. The van der Waals surface area contributed by atoms with Crippen molar-refractivity contribution in [3.05, 3.63) is 69.2 Å². The molecule has 0 saturated heterocycles. The van der Waals surface area contributed by atoms with Crippen LogP contribution >= 0.6 is 22.9 Å². The predicted octanol–water partition coefficient (Wildman–Crippen LogP) is 5.44. The molecule has 142 valence electrons. The molecule has 0 saturated carbocycles. The van der Waals surface area contributed by atoms with Crippen molar-refractivity contribution in [3.63, 3.8) is 0 Å². The van der Waals surface area contributed by atoms with E-state index in [0.29, 0.717) is 9.47 Å². The molecule has 0 aliphatic carbocycles. The molecule has 0 aliphatic rings. The molecule has 0 aliphatic heterocycles. The van der Waals surface area contributed by atoms with Crippen LogP contribution in [0.1, 0.15) is 41.4 Å². The molecule has 9 heteroatoms. The minimum atomic E-state index is -1.27. The SMILES string of the molecule is CC(C)c1cc(C(=O)Nc2ncc(Cl)s2)n(Cc2c(F)ccc(F)c2F)c1. The number of anilines is 1. The third-order valence-corrected chi connectivity index (χ3v) is 5.01. The maximum absolute atomic E-state index is 14.0. The van der Waals surface area contributed by atoms with Gasteiger partial charge in [-0.3, -0.25) is 10.1 Å². The fourth-order valence-corrected chi connectivity index (χ4v) is 3.34. The molecule has 1 amide bonds. The summed E-state index contributed by atoms with van der Waals surface area (Å²) in [6, 6.07) is 3.21. The Bertz CT molecular complexity index is 1000. The quantitative estimate of drug-likeness (QED) is 0.566. The van der Waals surface area contributed by atoms with E-state index in [0.717, 1.165) is 29.0 Å². The van der Waals surface area contributed by atoms with E-state index in [2.05, 4.69) is 10.3 Å². The molecule has 0 spiro atoms. The molecule has 1 aromatic carbocycles. The molecular weight excluding hydrogens is 399 g/mol. The molecule has 1 N–H and O–H groups in total.